The fraction of sp³-hybridized carbons (Fsp3) is 0.0833. The zero-order valence-electron chi connectivity index (χ0n) is 9.65. The lowest BCUT2D eigenvalue weighted by Crippen LogP contribution is -2.08. The van der Waals surface area contributed by atoms with Gasteiger partial charge in [0, 0.05) is 10.7 Å². The van der Waals surface area contributed by atoms with Gasteiger partial charge < -0.3 is 0 Å². The second-order valence-corrected chi connectivity index (χ2v) is 5.50. The van der Waals surface area contributed by atoms with Crippen molar-refractivity contribution in [3.8, 4) is 6.07 Å². The summed E-state index contributed by atoms with van der Waals surface area (Å²) in [5, 5.41) is 9.36. The summed E-state index contributed by atoms with van der Waals surface area (Å²) in [7, 11) is 0. The largest absolute Gasteiger partial charge is 0.433 e. The highest BCUT2D eigenvalue weighted by Gasteiger charge is 2.33. The van der Waals surface area contributed by atoms with Crippen molar-refractivity contribution < 1.29 is 13.2 Å². The molecule has 0 aromatic carbocycles. The van der Waals surface area contributed by atoms with Gasteiger partial charge in [0.05, 0.1) is 5.56 Å². The normalized spacial score (nSPS) is 11.2. The van der Waals surface area contributed by atoms with Gasteiger partial charge in [0.1, 0.15) is 21.8 Å². The number of alkyl halides is 3. The van der Waals surface area contributed by atoms with Gasteiger partial charge in [-0.25, -0.2) is 9.97 Å². The Labute approximate surface area is 125 Å². The number of aromatic nitrogens is 2. The zero-order chi connectivity index (χ0) is 14.8. The van der Waals surface area contributed by atoms with E-state index in [2.05, 4.69) is 25.9 Å². The number of halogens is 4. The van der Waals surface area contributed by atoms with Crippen LogP contribution in [0.4, 0.5) is 13.2 Å². The average Bonchev–Trinajstić information content (AvgIpc) is 2.40. The molecule has 0 unspecified atom stereocenters. The lowest BCUT2D eigenvalue weighted by atomic mass is 10.2. The van der Waals surface area contributed by atoms with Crippen LogP contribution in [0.3, 0.4) is 0 Å². The minimum Gasteiger partial charge on any atom is -0.248 e. The van der Waals surface area contributed by atoms with E-state index < -0.39 is 11.9 Å². The van der Waals surface area contributed by atoms with Gasteiger partial charge in [-0.3, -0.25) is 0 Å². The van der Waals surface area contributed by atoms with Gasteiger partial charge in [-0.2, -0.15) is 18.4 Å². The summed E-state index contributed by atoms with van der Waals surface area (Å²) in [4.78, 5) is 7.52. The summed E-state index contributed by atoms with van der Waals surface area (Å²) >= 11 is 4.12. The number of pyridine rings is 2. The zero-order valence-corrected chi connectivity index (χ0v) is 12.1. The fourth-order valence-electron chi connectivity index (χ4n) is 1.28. The Kier molecular flexibility index (Phi) is 4.30. The summed E-state index contributed by atoms with van der Waals surface area (Å²) in [6, 6.07) is 7.04. The highest BCUT2D eigenvalue weighted by molar-refractivity contribution is 9.10. The molecule has 8 heteroatoms. The Balaban J connectivity index is 2.39. The van der Waals surface area contributed by atoms with Gasteiger partial charge in [-0.15, -0.1) is 0 Å². The van der Waals surface area contributed by atoms with E-state index in [-0.39, 0.29) is 10.6 Å². The monoisotopic (exact) mass is 359 g/mol. The van der Waals surface area contributed by atoms with E-state index in [1.165, 1.54) is 6.20 Å². The molecule has 102 valence electrons. The SMILES string of the molecule is N#Cc1ccc(C(F)(F)F)nc1Sc1ccc(Br)cn1. The summed E-state index contributed by atoms with van der Waals surface area (Å²) in [5.74, 6) is 0. The van der Waals surface area contributed by atoms with Crippen LogP contribution >= 0.6 is 27.7 Å². The van der Waals surface area contributed by atoms with E-state index >= 15 is 0 Å². The third-order valence-electron chi connectivity index (χ3n) is 2.17. The van der Waals surface area contributed by atoms with Gasteiger partial charge in [0.15, 0.2) is 0 Å². The van der Waals surface area contributed by atoms with Crippen LogP contribution in [0.2, 0.25) is 0 Å². The standard InChI is InChI=1S/C12H5BrF3N3S/c13-8-2-4-10(18-6-8)20-11-7(5-17)1-3-9(19-11)12(14,15)16/h1-4,6H. The highest BCUT2D eigenvalue weighted by Crippen LogP contribution is 2.33. The molecular weight excluding hydrogens is 355 g/mol. The van der Waals surface area contributed by atoms with E-state index in [9.17, 15) is 13.2 Å². The molecule has 0 aliphatic heterocycles. The topological polar surface area (TPSA) is 49.6 Å². The first-order valence-corrected chi connectivity index (χ1v) is 6.79. The minimum absolute atomic E-state index is 0.0165. The van der Waals surface area contributed by atoms with Crippen LogP contribution < -0.4 is 0 Å². The van der Waals surface area contributed by atoms with Crippen molar-refractivity contribution in [1.82, 2.24) is 9.97 Å². The second kappa shape index (κ2) is 5.81. The van der Waals surface area contributed by atoms with Crippen molar-refractivity contribution in [1.29, 1.82) is 5.26 Å². The number of nitrogens with zero attached hydrogens (tertiary/aromatic N) is 3. The fourth-order valence-corrected chi connectivity index (χ4v) is 2.32. The number of hydrogen-bond acceptors (Lipinski definition) is 4. The smallest absolute Gasteiger partial charge is 0.248 e. The van der Waals surface area contributed by atoms with Crippen molar-refractivity contribution in [2.24, 2.45) is 0 Å². The van der Waals surface area contributed by atoms with Crippen LogP contribution in [0.1, 0.15) is 11.3 Å². The lowest BCUT2D eigenvalue weighted by Gasteiger charge is -2.08. The summed E-state index contributed by atoms with van der Waals surface area (Å²) in [6.45, 7) is 0. The average molecular weight is 360 g/mol. The van der Waals surface area contributed by atoms with E-state index in [0.717, 1.165) is 28.4 Å². The van der Waals surface area contributed by atoms with E-state index in [1.807, 2.05) is 6.07 Å². The van der Waals surface area contributed by atoms with Crippen LogP contribution in [-0.4, -0.2) is 9.97 Å². The van der Waals surface area contributed by atoms with E-state index in [0.29, 0.717) is 5.03 Å². The number of hydrogen-bond donors (Lipinski definition) is 0. The Morgan fingerprint density at radius 1 is 1.20 bits per heavy atom. The Hall–Kier alpha value is -1.59. The molecule has 0 saturated heterocycles. The molecule has 0 fully saturated rings. The minimum atomic E-state index is -4.55. The maximum Gasteiger partial charge on any atom is 0.433 e. The molecule has 0 amide bonds. The van der Waals surface area contributed by atoms with E-state index in [4.69, 9.17) is 5.26 Å². The quantitative estimate of drug-likeness (QED) is 0.802. The Morgan fingerprint density at radius 2 is 1.95 bits per heavy atom. The molecule has 3 nitrogen and oxygen atoms in total. The Bertz CT molecular complexity index is 665. The van der Waals surface area contributed by atoms with Crippen LogP contribution in [-0.2, 0) is 6.18 Å². The van der Waals surface area contributed by atoms with Gasteiger partial charge in [0.2, 0.25) is 0 Å². The first-order valence-electron chi connectivity index (χ1n) is 5.18. The second-order valence-electron chi connectivity index (χ2n) is 3.58. The van der Waals surface area contributed by atoms with Crippen LogP contribution in [0.15, 0.2) is 45.0 Å². The summed E-state index contributed by atoms with van der Waals surface area (Å²) in [6.07, 6.45) is -3.03. The van der Waals surface area contributed by atoms with Gasteiger partial charge in [-0.1, -0.05) is 0 Å². The maximum absolute atomic E-state index is 12.6. The highest BCUT2D eigenvalue weighted by atomic mass is 79.9. The molecule has 20 heavy (non-hydrogen) atoms. The third-order valence-corrected chi connectivity index (χ3v) is 3.60. The van der Waals surface area contributed by atoms with Gasteiger partial charge in [-0.05, 0) is 52.0 Å². The molecule has 2 aromatic rings. The number of nitriles is 1. The van der Waals surface area contributed by atoms with E-state index in [1.54, 1.807) is 12.1 Å². The molecule has 2 rings (SSSR count). The molecule has 0 aliphatic rings. The molecule has 0 N–H and O–H groups in total. The molecular formula is C12H5BrF3N3S. The van der Waals surface area contributed by atoms with Crippen molar-refractivity contribution in [3.05, 3.63) is 46.2 Å². The van der Waals surface area contributed by atoms with Crippen molar-refractivity contribution in [2.75, 3.05) is 0 Å². The van der Waals surface area contributed by atoms with Gasteiger partial charge >= 0.3 is 6.18 Å². The molecule has 2 heterocycles. The maximum atomic E-state index is 12.6. The summed E-state index contributed by atoms with van der Waals surface area (Å²) < 4.78 is 38.6. The molecule has 0 saturated carbocycles. The van der Waals surface area contributed by atoms with Crippen LogP contribution in [0.5, 0.6) is 0 Å². The Morgan fingerprint density at radius 3 is 2.50 bits per heavy atom. The van der Waals surface area contributed by atoms with Crippen LogP contribution in [0.25, 0.3) is 0 Å². The lowest BCUT2D eigenvalue weighted by molar-refractivity contribution is -0.141. The molecule has 0 atom stereocenters. The predicted octanol–water partition coefficient (Wildman–Crippen LogP) is 4.28. The molecule has 0 radical (unpaired) electrons. The molecule has 0 aliphatic carbocycles. The molecule has 2 aromatic heterocycles. The summed E-state index contributed by atoms with van der Waals surface area (Å²) in [5.41, 5.74) is -0.955. The molecule has 0 bridgehead atoms. The van der Waals surface area contributed by atoms with Gasteiger partial charge in [0.25, 0.3) is 0 Å². The van der Waals surface area contributed by atoms with Crippen LogP contribution in [0, 0.1) is 11.3 Å². The number of rotatable bonds is 2. The van der Waals surface area contributed by atoms with Crippen molar-refractivity contribution >= 4 is 27.7 Å². The first-order chi connectivity index (χ1) is 9.40. The van der Waals surface area contributed by atoms with Crippen molar-refractivity contribution in [2.45, 2.75) is 16.2 Å². The molecule has 0 spiro atoms. The predicted molar refractivity (Wildman–Crippen MR) is 70.0 cm³/mol. The third kappa shape index (κ3) is 3.49. The van der Waals surface area contributed by atoms with Crippen molar-refractivity contribution in [3.63, 3.8) is 0 Å². The first kappa shape index (κ1) is 14.8.